The van der Waals surface area contributed by atoms with E-state index in [2.05, 4.69) is 113 Å². The third-order valence-electron chi connectivity index (χ3n) is 6.96. The van der Waals surface area contributed by atoms with Gasteiger partial charge >= 0.3 is 0 Å². The molecule has 31 heavy (non-hydrogen) atoms. The maximum absolute atomic E-state index is 6.42. The summed E-state index contributed by atoms with van der Waals surface area (Å²) in [6.07, 6.45) is 0. The molecule has 1 heteroatoms. The van der Waals surface area contributed by atoms with Gasteiger partial charge in [0.1, 0.15) is 11.5 Å². The summed E-state index contributed by atoms with van der Waals surface area (Å²) < 4.78 is 6.42. The van der Waals surface area contributed by atoms with Gasteiger partial charge in [-0.3, -0.25) is 0 Å². The normalized spacial score (nSPS) is 15.0. The van der Waals surface area contributed by atoms with Crippen LogP contribution >= 0.6 is 0 Å². The Bertz CT molecular complexity index is 1310. The van der Waals surface area contributed by atoms with E-state index >= 15 is 0 Å². The minimum atomic E-state index is -0.372. The molecule has 1 heterocycles. The average molecular weight is 403 g/mol. The number of aryl methyl sites for hydroxylation is 1. The lowest BCUT2D eigenvalue weighted by molar-refractivity contribution is 0.436. The van der Waals surface area contributed by atoms with E-state index in [1.54, 1.807) is 0 Å². The second-order valence-electron chi connectivity index (χ2n) is 9.90. The Morgan fingerprint density at radius 2 is 1.16 bits per heavy atom. The van der Waals surface area contributed by atoms with Crippen LogP contribution in [0.25, 0.3) is 11.1 Å². The maximum atomic E-state index is 6.42. The number of rotatable bonds is 0. The predicted octanol–water partition coefficient (Wildman–Crippen LogP) is 7.76. The van der Waals surface area contributed by atoms with E-state index in [4.69, 9.17) is 4.74 Å². The number of fused-ring (bicyclic) bond motifs is 9. The van der Waals surface area contributed by atoms with Gasteiger partial charge in [-0.05, 0) is 52.3 Å². The first kappa shape index (κ1) is 18.4. The molecule has 0 bridgehead atoms. The highest BCUT2D eigenvalue weighted by Crippen LogP contribution is 2.62. The van der Waals surface area contributed by atoms with Crippen molar-refractivity contribution in [3.8, 4) is 22.6 Å². The van der Waals surface area contributed by atoms with Crippen molar-refractivity contribution in [1.82, 2.24) is 0 Å². The van der Waals surface area contributed by atoms with E-state index < -0.39 is 0 Å². The van der Waals surface area contributed by atoms with Crippen molar-refractivity contribution in [2.24, 2.45) is 0 Å². The Morgan fingerprint density at radius 3 is 1.77 bits per heavy atom. The summed E-state index contributed by atoms with van der Waals surface area (Å²) >= 11 is 0. The molecular formula is C30H26O. The van der Waals surface area contributed by atoms with Gasteiger partial charge < -0.3 is 4.74 Å². The molecule has 0 saturated carbocycles. The lowest BCUT2D eigenvalue weighted by atomic mass is 9.65. The highest BCUT2D eigenvalue weighted by atomic mass is 16.5. The van der Waals surface area contributed by atoms with Crippen molar-refractivity contribution in [2.45, 2.75) is 38.5 Å². The van der Waals surface area contributed by atoms with Gasteiger partial charge in [0.25, 0.3) is 0 Å². The molecule has 1 spiro atoms. The van der Waals surface area contributed by atoms with E-state index in [1.807, 2.05) is 0 Å². The average Bonchev–Trinajstić information content (AvgIpc) is 3.03. The van der Waals surface area contributed by atoms with Crippen molar-refractivity contribution in [1.29, 1.82) is 0 Å². The van der Waals surface area contributed by atoms with Crippen LogP contribution < -0.4 is 4.74 Å². The summed E-state index contributed by atoms with van der Waals surface area (Å²) in [6, 6.07) is 31.1. The molecule has 1 nitrogen and oxygen atoms in total. The second kappa shape index (κ2) is 6.11. The molecule has 6 rings (SSSR count). The Morgan fingerprint density at radius 1 is 0.613 bits per heavy atom. The van der Waals surface area contributed by atoms with E-state index in [-0.39, 0.29) is 10.8 Å². The SMILES string of the molecule is Cc1ccc2c(c1)C1(c3ccccc3Oc3ccccc31)c1cc(C(C)(C)C)ccc1-2. The first-order valence-electron chi connectivity index (χ1n) is 11.0. The van der Waals surface area contributed by atoms with Gasteiger partial charge in [-0.2, -0.15) is 0 Å². The van der Waals surface area contributed by atoms with Crippen molar-refractivity contribution in [2.75, 3.05) is 0 Å². The topological polar surface area (TPSA) is 9.23 Å². The summed E-state index contributed by atoms with van der Waals surface area (Å²) in [5.41, 5.74) is 10.2. The van der Waals surface area contributed by atoms with Gasteiger partial charge in [0.15, 0.2) is 0 Å². The van der Waals surface area contributed by atoms with Crippen LogP contribution in [0, 0.1) is 6.92 Å². The van der Waals surface area contributed by atoms with Crippen LogP contribution in [0.4, 0.5) is 0 Å². The maximum Gasteiger partial charge on any atom is 0.132 e. The molecule has 0 radical (unpaired) electrons. The predicted molar refractivity (Wildman–Crippen MR) is 127 cm³/mol. The van der Waals surface area contributed by atoms with Gasteiger partial charge in [0.2, 0.25) is 0 Å². The van der Waals surface area contributed by atoms with Crippen LogP contribution in [0.15, 0.2) is 84.9 Å². The molecular weight excluding hydrogens is 376 g/mol. The highest BCUT2D eigenvalue weighted by Gasteiger charge is 2.51. The molecule has 0 saturated heterocycles. The smallest absolute Gasteiger partial charge is 0.132 e. The molecule has 1 aliphatic carbocycles. The molecule has 0 aromatic heterocycles. The zero-order chi connectivity index (χ0) is 21.4. The van der Waals surface area contributed by atoms with Gasteiger partial charge in [0.05, 0.1) is 5.41 Å². The number of benzene rings is 4. The van der Waals surface area contributed by atoms with Gasteiger partial charge in [0, 0.05) is 11.1 Å². The van der Waals surface area contributed by atoms with Crippen molar-refractivity contribution in [3.63, 3.8) is 0 Å². The first-order chi connectivity index (χ1) is 14.9. The third-order valence-corrected chi connectivity index (χ3v) is 6.96. The Labute approximate surface area is 184 Å². The fourth-order valence-corrected chi connectivity index (χ4v) is 5.48. The van der Waals surface area contributed by atoms with Crippen LogP contribution in [0.5, 0.6) is 11.5 Å². The Balaban J connectivity index is 1.83. The van der Waals surface area contributed by atoms with Crippen molar-refractivity contribution in [3.05, 3.63) is 118 Å². The van der Waals surface area contributed by atoms with Gasteiger partial charge in [-0.1, -0.05) is 99.1 Å². The summed E-state index contributed by atoms with van der Waals surface area (Å²) in [7, 11) is 0. The quantitative estimate of drug-likeness (QED) is 0.252. The molecule has 0 amide bonds. The lowest BCUT2D eigenvalue weighted by Gasteiger charge is -2.39. The number of hydrogen-bond acceptors (Lipinski definition) is 1. The minimum Gasteiger partial charge on any atom is -0.457 e. The zero-order valence-electron chi connectivity index (χ0n) is 18.5. The van der Waals surface area contributed by atoms with Crippen LogP contribution in [-0.4, -0.2) is 0 Å². The third kappa shape index (κ3) is 2.38. The van der Waals surface area contributed by atoms with Gasteiger partial charge in [-0.25, -0.2) is 0 Å². The molecule has 152 valence electrons. The molecule has 0 atom stereocenters. The minimum absolute atomic E-state index is 0.0745. The number of hydrogen-bond donors (Lipinski definition) is 0. The largest absolute Gasteiger partial charge is 0.457 e. The van der Waals surface area contributed by atoms with E-state index in [1.165, 1.54) is 44.5 Å². The summed E-state index contributed by atoms with van der Waals surface area (Å²) in [4.78, 5) is 0. The monoisotopic (exact) mass is 402 g/mol. The van der Waals surface area contributed by atoms with Crippen LogP contribution in [0.1, 0.15) is 54.2 Å². The molecule has 2 aliphatic rings. The van der Waals surface area contributed by atoms with Crippen LogP contribution in [0.2, 0.25) is 0 Å². The summed E-state index contributed by atoms with van der Waals surface area (Å²) in [5.74, 6) is 1.89. The van der Waals surface area contributed by atoms with E-state index in [0.29, 0.717) is 0 Å². The summed E-state index contributed by atoms with van der Waals surface area (Å²) in [5, 5.41) is 0. The molecule has 0 fully saturated rings. The molecule has 0 unspecified atom stereocenters. The molecule has 4 aromatic rings. The van der Waals surface area contributed by atoms with E-state index in [0.717, 1.165) is 11.5 Å². The molecule has 4 aromatic carbocycles. The fraction of sp³-hybridized carbons (Fsp3) is 0.200. The molecule has 1 aliphatic heterocycles. The van der Waals surface area contributed by atoms with Crippen molar-refractivity contribution >= 4 is 0 Å². The van der Waals surface area contributed by atoms with E-state index in [9.17, 15) is 0 Å². The second-order valence-corrected chi connectivity index (χ2v) is 9.90. The summed E-state index contributed by atoms with van der Waals surface area (Å²) in [6.45, 7) is 9.06. The standard InChI is InChI=1S/C30H26O/c1-19-13-15-21-22-16-14-20(29(2,3)4)18-26(22)30(25(21)17-19)23-9-5-7-11-27(23)31-28-12-8-6-10-24(28)30/h5-18H,1-4H3. The Hall–Kier alpha value is -3.32. The van der Waals surface area contributed by atoms with Gasteiger partial charge in [-0.15, -0.1) is 0 Å². The highest BCUT2D eigenvalue weighted by molar-refractivity contribution is 5.89. The zero-order valence-corrected chi connectivity index (χ0v) is 18.5. The molecule has 0 N–H and O–H groups in total. The number of ether oxygens (including phenoxy) is 1. The van der Waals surface area contributed by atoms with Crippen LogP contribution in [0.3, 0.4) is 0 Å². The lowest BCUT2D eigenvalue weighted by Crippen LogP contribution is -2.32. The number of para-hydroxylation sites is 2. The Kier molecular flexibility index (Phi) is 3.63. The fourth-order valence-electron chi connectivity index (χ4n) is 5.48. The first-order valence-corrected chi connectivity index (χ1v) is 11.0. The van der Waals surface area contributed by atoms with Crippen LogP contribution in [-0.2, 0) is 10.8 Å². The van der Waals surface area contributed by atoms with Crippen molar-refractivity contribution < 1.29 is 4.74 Å².